The minimum Gasteiger partial charge on any atom is -0.346 e. The summed E-state index contributed by atoms with van der Waals surface area (Å²) in [5, 5.41) is 12.5. The van der Waals surface area contributed by atoms with E-state index < -0.39 is 0 Å². The van der Waals surface area contributed by atoms with Gasteiger partial charge in [-0.25, -0.2) is 0 Å². The fourth-order valence-electron chi connectivity index (χ4n) is 3.50. The van der Waals surface area contributed by atoms with Crippen LogP contribution in [0.1, 0.15) is 35.6 Å². The molecule has 0 aliphatic rings. The molecular formula is C21H21N5O. The molecule has 1 atom stereocenters. The number of hydrogen-bond donors (Lipinski definition) is 1. The lowest BCUT2D eigenvalue weighted by molar-refractivity contribution is -0.121. The van der Waals surface area contributed by atoms with Gasteiger partial charge < -0.3 is 5.32 Å². The number of para-hydroxylation sites is 1. The van der Waals surface area contributed by atoms with E-state index in [4.69, 9.17) is 0 Å². The molecule has 0 fully saturated rings. The molecule has 136 valence electrons. The molecule has 6 nitrogen and oxygen atoms in total. The molecule has 0 aliphatic carbocycles. The topological polar surface area (TPSA) is 72.2 Å². The average Bonchev–Trinajstić information content (AvgIpc) is 3.09. The maximum Gasteiger partial charge on any atom is 0.225 e. The van der Waals surface area contributed by atoms with Gasteiger partial charge in [0.2, 0.25) is 5.91 Å². The Labute approximate surface area is 157 Å². The molecule has 0 spiro atoms. The number of rotatable bonds is 4. The normalized spacial score (nSPS) is 12.4. The smallest absolute Gasteiger partial charge is 0.225 e. The fourth-order valence-corrected chi connectivity index (χ4v) is 3.50. The lowest BCUT2D eigenvalue weighted by atomic mass is 9.99. The average molecular weight is 359 g/mol. The molecule has 4 rings (SSSR count). The van der Waals surface area contributed by atoms with E-state index in [1.54, 1.807) is 0 Å². The minimum atomic E-state index is -0.246. The Hall–Kier alpha value is -3.28. The highest BCUT2D eigenvalue weighted by Crippen LogP contribution is 2.23. The van der Waals surface area contributed by atoms with Gasteiger partial charge in [0.1, 0.15) is 0 Å². The van der Waals surface area contributed by atoms with Crippen LogP contribution in [0.25, 0.3) is 16.6 Å². The predicted molar refractivity (Wildman–Crippen MR) is 104 cm³/mol. The van der Waals surface area contributed by atoms with Crippen molar-refractivity contribution in [3.63, 3.8) is 0 Å². The van der Waals surface area contributed by atoms with Gasteiger partial charge in [-0.2, -0.15) is 0 Å². The molecule has 1 unspecified atom stereocenters. The summed E-state index contributed by atoms with van der Waals surface area (Å²) >= 11 is 0. The Bertz CT molecular complexity index is 1150. The summed E-state index contributed by atoms with van der Waals surface area (Å²) in [6, 6.07) is 13.5. The monoisotopic (exact) mass is 359 g/mol. The van der Waals surface area contributed by atoms with E-state index in [2.05, 4.69) is 27.4 Å². The molecule has 0 radical (unpaired) electrons. The standard InChI is InChI=1S/C21H21N5O/c1-13-16-8-4-5-9-18(16)22-14(2)17(13)12-20(27)23-15(3)21-25-24-19-10-6-7-11-26(19)21/h4-11,15H,12H2,1-3H3,(H,23,27). The summed E-state index contributed by atoms with van der Waals surface area (Å²) < 4.78 is 1.89. The van der Waals surface area contributed by atoms with Crippen LogP contribution in [-0.2, 0) is 11.2 Å². The number of carbonyl (C=O) groups is 1. The van der Waals surface area contributed by atoms with Crippen molar-refractivity contribution in [1.82, 2.24) is 24.9 Å². The molecule has 3 heterocycles. The molecule has 0 aliphatic heterocycles. The van der Waals surface area contributed by atoms with E-state index in [9.17, 15) is 4.79 Å². The molecule has 0 saturated carbocycles. The van der Waals surface area contributed by atoms with Crippen molar-refractivity contribution < 1.29 is 4.79 Å². The Balaban J connectivity index is 1.57. The molecule has 1 N–H and O–H groups in total. The van der Waals surface area contributed by atoms with Crippen molar-refractivity contribution in [3.8, 4) is 0 Å². The van der Waals surface area contributed by atoms with Crippen molar-refractivity contribution in [2.45, 2.75) is 33.2 Å². The highest BCUT2D eigenvalue weighted by Gasteiger charge is 2.18. The van der Waals surface area contributed by atoms with Crippen LogP contribution in [0.3, 0.4) is 0 Å². The number of fused-ring (bicyclic) bond motifs is 2. The lowest BCUT2D eigenvalue weighted by Crippen LogP contribution is -2.29. The highest BCUT2D eigenvalue weighted by molar-refractivity contribution is 5.86. The molecule has 6 heteroatoms. The number of carbonyl (C=O) groups excluding carboxylic acids is 1. The van der Waals surface area contributed by atoms with Crippen LogP contribution in [0.15, 0.2) is 48.7 Å². The van der Waals surface area contributed by atoms with Crippen LogP contribution in [0.4, 0.5) is 0 Å². The molecule has 1 aromatic carbocycles. The van der Waals surface area contributed by atoms with Crippen molar-refractivity contribution in [3.05, 3.63) is 71.3 Å². The van der Waals surface area contributed by atoms with E-state index in [1.165, 1.54) is 0 Å². The first kappa shape index (κ1) is 17.1. The van der Waals surface area contributed by atoms with Crippen LogP contribution in [0.5, 0.6) is 0 Å². The summed E-state index contributed by atoms with van der Waals surface area (Å²) in [6.07, 6.45) is 2.19. The summed E-state index contributed by atoms with van der Waals surface area (Å²) in [4.78, 5) is 17.4. The number of benzene rings is 1. The third-order valence-electron chi connectivity index (χ3n) is 4.93. The minimum absolute atomic E-state index is 0.0570. The maximum atomic E-state index is 12.7. The first-order valence-electron chi connectivity index (χ1n) is 8.98. The number of aryl methyl sites for hydroxylation is 2. The SMILES string of the molecule is Cc1nc2ccccc2c(C)c1CC(=O)NC(C)c1nnc2ccccn12. The van der Waals surface area contributed by atoms with Crippen LogP contribution in [0, 0.1) is 13.8 Å². The summed E-state index contributed by atoms with van der Waals surface area (Å²) in [7, 11) is 0. The quantitative estimate of drug-likeness (QED) is 0.607. The number of amides is 1. The van der Waals surface area contributed by atoms with Gasteiger partial charge in [-0.1, -0.05) is 24.3 Å². The maximum absolute atomic E-state index is 12.7. The van der Waals surface area contributed by atoms with Gasteiger partial charge in [0.15, 0.2) is 11.5 Å². The summed E-state index contributed by atoms with van der Waals surface area (Å²) in [5.74, 6) is 0.655. The highest BCUT2D eigenvalue weighted by atomic mass is 16.1. The van der Waals surface area contributed by atoms with Gasteiger partial charge in [0, 0.05) is 17.3 Å². The van der Waals surface area contributed by atoms with E-state index >= 15 is 0 Å². The van der Waals surface area contributed by atoms with Crippen LogP contribution >= 0.6 is 0 Å². The molecular weight excluding hydrogens is 338 g/mol. The van der Waals surface area contributed by atoms with Crippen molar-refractivity contribution in [2.75, 3.05) is 0 Å². The third-order valence-corrected chi connectivity index (χ3v) is 4.93. The molecule has 4 aromatic rings. The zero-order valence-corrected chi connectivity index (χ0v) is 15.6. The van der Waals surface area contributed by atoms with Gasteiger partial charge >= 0.3 is 0 Å². The number of pyridine rings is 2. The van der Waals surface area contributed by atoms with E-state index in [0.29, 0.717) is 5.82 Å². The molecule has 27 heavy (non-hydrogen) atoms. The van der Waals surface area contributed by atoms with Crippen LogP contribution < -0.4 is 5.32 Å². The summed E-state index contributed by atoms with van der Waals surface area (Å²) in [6.45, 7) is 5.92. The number of nitrogens with one attached hydrogen (secondary N) is 1. The Morgan fingerprint density at radius 1 is 1.11 bits per heavy atom. The second-order valence-electron chi connectivity index (χ2n) is 6.77. The van der Waals surface area contributed by atoms with E-state index in [-0.39, 0.29) is 18.4 Å². The Kier molecular flexibility index (Phi) is 4.32. The second kappa shape index (κ2) is 6.79. The van der Waals surface area contributed by atoms with E-state index in [0.717, 1.165) is 33.4 Å². The summed E-state index contributed by atoms with van der Waals surface area (Å²) in [5.41, 5.74) is 4.69. The largest absolute Gasteiger partial charge is 0.346 e. The van der Waals surface area contributed by atoms with Gasteiger partial charge in [-0.15, -0.1) is 10.2 Å². The van der Waals surface area contributed by atoms with Gasteiger partial charge in [0.05, 0.1) is 18.0 Å². The molecule has 0 saturated heterocycles. The second-order valence-corrected chi connectivity index (χ2v) is 6.77. The third kappa shape index (κ3) is 3.14. The zero-order chi connectivity index (χ0) is 19.0. The zero-order valence-electron chi connectivity index (χ0n) is 15.6. The lowest BCUT2D eigenvalue weighted by Gasteiger charge is -2.15. The first-order valence-corrected chi connectivity index (χ1v) is 8.98. The molecule has 1 amide bonds. The van der Waals surface area contributed by atoms with Crippen LogP contribution in [-0.4, -0.2) is 25.5 Å². The fraction of sp³-hybridized carbons (Fsp3) is 0.238. The number of hydrogen-bond acceptors (Lipinski definition) is 4. The molecule has 0 bridgehead atoms. The van der Waals surface area contributed by atoms with Gasteiger partial charge in [-0.05, 0) is 50.1 Å². The van der Waals surface area contributed by atoms with E-state index in [1.807, 2.05) is 66.9 Å². The van der Waals surface area contributed by atoms with Crippen LogP contribution in [0.2, 0.25) is 0 Å². The Morgan fingerprint density at radius 3 is 2.74 bits per heavy atom. The van der Waals surface area contributed by atoms with Crippen molar-refractivity contribution >= 4 is 22.5 Å². The number of aromatic nitrogens is 4. The van der Waals surface area contributed by atoms with Gasteiger partial charge in [0.25, 0.3) is 0 Å². The number of nitrogens with zero attached hydrogens (tertiary/aromatic N) is 4. The van der Waals surface area contributed by atoms with Crippen molar-refractivity contribution in [1.29, 1.82) is 0 Å². The first-order chi connectivity index (χ1) is 13.0. The van der Waals surface area contributed by atoms with Gasteiger partial charge in [-0.3, -0.25) is 14.2 Å². The molecule has 3 aromatic heterocycles. The van der Waals surface area contributed by atoms with Crippen molar-refractivity contribution in [2.24, 2.45) is 0 Å². The Morgan fingerprint density at radius 2 is 1.89 bits per heavy atom. The predicted octanol–water partition coefficient (Wildman–Crippen LogP) is 3.31.